The van der Waals surface area contributed by atoms with Gasteiger partial charge in [0.2, 0.25) is 0 Å². The predicted molar refractivity (Wildman–Crippen MR) is 111 cm³/mol. The molecule has 9 heteroatoms. The van der Waals surface area contributed by atoms with Crippen molar-refractivity contribution in [3.05, 3.63) is 0 Å². The van der Waals surface area contributed by atoms with E-state index in [1.165, 1.54) is 0 Å². The van der Waals surface area contributed by atoms with E-state index in [-0.39, 0.29) is 0 Å². The molecule has 0 bridgehead atoms. The maximum absolute atomic E-state index is 5.76. The van der Waals surface area contributed by atoms with E-state index in [2.05, 4.69) is 13.1 Å². The van der Waals surface area contributed by atoms with Crippen LogP contribution in [0.2, 0.25) is 19.1 Å². The SMILES string of the molecule is CCO[Si](C)(C)CCOCCOCCOCCOCCOCCOCCOC. The lowest BCUT2D eigenvalue weighted by Crippen LogP contribution is -2.31. The molecule has 0 aliphatic heterocycles. The van der Waals surface area contributed by atoms with Gasteiger partial charge in [0.05, 0.1) is 79.3 Å². The molecule has 0 aliphatic rings. The average molecular weight is 427 g/mol. The fourth-order valence-corrected chi connectivity index (χ4v) is 3.69. The number of hydrogen-bond acceptors (Lipinski definition) is 8. The van der Waals surface area contributed by atoms with E-state index in [4.69, 9.17) is 37.6 Å². The first-order valence-corrected chi connectivity index (χ1v) is 13.3. The van der Waals surface area contributed by atoms with Crippen molar-refractivity contribution in [2.24, 2.45) is 0 Å². The molecule has 0 atom stereocenters. The molecule has 8 nitrogen and oxygen atoms in total. The van der Waals surface area contributed by atoms with Crippen LogP contribution < -0.4 is 0 Å². The van der Waals surface area contributed by atoms with Crippen molar-refractivity contribution in [3.8, 4) is 0 Å². The van der Waals surface area contributed by atoms with E-state index in [0.717, 1.165) is 19.3 Å². The summed E-state index contributed by atoms with van der Waals surface area (Å²) >= 11 is 0. The summed E-state index contributed by atoms with van der Waals surface area (Å²) in [6.07, 6.45) is 0. The van der Waals surface area contributed by atoms with Gasteiger partial charge in [0.15, 0.2) is 8.32 Å². The molecule has 0 unspecified atom stereocenters. The maximum Gasteiger partial charge on any atom is 0.188 e. The lowest BCUT2D eigenvalue weighted by atomic mass is 10.7. The Balaban J connectivity index is 3.09. The van der Waals surface area contributed by atoms with E-state index in [0.29, 0.717) is 79.3 Å². The molecule has 0 heterocycles. The second-order valence-electron chi connectivity index (χ2n) is 6.61. The van der Waals surface area contributed by atoms with Gasteiger partial charge in [-0.2, -0.15) is 0 Å². The molecule has 0 saturated carbocycles. The van der Waals surface area contributed by atoms with Crippen LogP contribution in [0.3, 0.4) is 0 Å². The number of ether oxygens (including phenoxy) is 7. The minimum atomic E-state index is -1.53. The Hall–Kier alpha value is -0.103. The summed E-state index contributed by atoms with van der Waals surface area (Å²) in [4.78, 5) is 0. The molecule has 0 aliphatic carbocycles. The summed E-state index contributed by atoms with van der Waals surface area (Å²) < 4.78 is 43.2. The van der Waals surface area contributed by atoms with Gasteiger partial charge in [-0.1, -0.05) is 0 Å². The Labute approximate surface area is 172 Å². The van der Waals surface area contributed by atoms with Crippen molar-refractivity contribution < 1.29 is 37.6 Å². The summed E-state index contributed by atoms with van der Waals surface area (Å²) in [7, 11) is 0.119. The highest BCUT2D eigenvalue weighted by molar-refractivity contribution is 6.71. The first-order valence-electron chi connectivity index (χ1n) is 10.2. The molecule has 0 amide bonds. The second-order valence-corrected chi connectivity index (χ2v) is 10.9. The molecular weight excluding hydrogens is 384 g/mol. The third kappa shape index (κ3) is 22.2. The van der Waals surface area contributed by atoms with Crippen molar-refractivity contribution >= 4 is 8.32 Å². The van der Waals surface area contributed by atoms with Gasteiger partial charge >= 0.3 is 0 Å². The summed E-state index contributed by atoms with van der Waals surface area (Å²) in [5.41, 5.74) is 0. The van der Waals surface area contributed by atoms with Crippen molar-refractivity contribution in [3.63, 3.8) is 0 Å². The second kappa shape index (κ2) is 21.6. The van der Waals surface area contributed by atoms with Gasteiger partial charge in [0.25, 0.3) is 0 Å². The largest absolute Gasteiger partial charge is 0.418 e. The predicted octanol–water partition coefficient (Wildman–Crippen LogP) is 1.97. The van der Waals surface area contributed by atoms with Crippen LogP contribution in [-0.4, -0.2) is 108 Å². The molecule has 0 N–H and O–H groups in total. The highest BCUT2D eigenvalue weighted by Crippen LogP contribution is 2.10. The minimum Gasteiger partial charge on any atom is -0.418 e. The van der Waals surface area contributed by atoms with Crippen LogP contribution in [0.4, 0.5) is 0 Å². The highest BCUT2D eigenvalue weighted by atomic mass is 28.4. The molecule has 28 heavy (non-hydrogen) atoms. The molecule has 170 valence electrons. The Morgan fingerprint density at radius 3 is 1.14 bits per heavy atom. The molecule has 0 radical (unpaired) electrons. The summed E-state index contributed by atoms with van der Waals surface area (Å²) in [5.74, 6) is 0. The van der Waals surface area contributed by atoms with Crippen molar-refractivity contribution in [2.45, 2.75) is 26.1 Å². The lowest BCUT2D eigenvalue weighted by Gasteiger charge is -2.21. The van der Waals surface area contributed by atoms with Gasteiger partial charge in [0.1, 0.15) is 0 Å². The zero-order chi connectivity index (χ0) is 20.8. The smallest absolute Gasteiger partial charge is 0.188 e. The zero-order valence-corrected chi connectivity index (χ0v) is 19.4. The fourth-order valence-electron chi connectivity index (χ4n) is 2.12. The summed E-state index contributed by atoms with van der Waals surface area (Å²) in [6, 6.07) is 1.01. The van der Waals surface area contributed by atoms with Gasteiger partial charge in [-0.15, -0.1) is 0 Å². The monoisotopic (exact) mass is 426 g/mol. The Bertz CT molecular complexity index is 308. The molecule has 0 spiro atoms. The molecular formula is C19H42O8Si. The normalized spacial score (nSPS) is 12.0. The first-order chi connectivity index (χ1) is 13.6. The van der Waals surface area contributed by atoms with Gasteiger partial charge in [-0.05, 0) is 26.1 Å². The lowest BCUT2D eigenvalue weighted by molar-refractivity contribution is -0.0187. The Kier molecular flexibility index (Phi) is 21.5. The average Bonchev–Trinajstić information content (AvgIpc) is 2.66. The van der Waals surface area contributed by atoms with Gasteiger partial charge in [-0.25, -0.2) is 0 Å². The number of methoxy groups -OCH3 is 1. The molecule has 0 aromatic heterocycles. The Morgan fingerprint density at radius 2 is 0.821 bits per heavy atom. The van der Waals surface area contributed by atoms with Gasteiger partial charge in [0, 0.05) is 20.3 Å². The Morgan fingerprint density at radius 1 is 0.500 bits per heavy atom. The first kappa shape index (κ1) is 27.9. The van der Waals surface area contributed by atoms with E-state index < -0.39 is 8.32 Å². The number of hydrogen-bond donors (Lipinski definition) is 0. The molecule has 0 fully saturated rings. The summed E-state index contributed by atoms with van der Waals surface area (Å²) in [5, 5.41) is 0. The number of rotatable bonds is 23. The minimum absolute atomic E-state index is 0.552. The van der Waals surface area contributed by atoms with E-state index in [9.17, 15) is 0 Å². The van der Waals surface area contributed by atoms with E-state index in [1.54, 1.807) is 7.11 Å². The van der Waals surface area contributed by atoms with E-state index >= 15 is 0 Å². The molecule has 0 aromatic rings. The highest BCUT2D eigenvalue weighted by Gasteiger charge is 2.20. The topological polar surface area (TPSA) is 73.8 Å². The standard InChI is InChI=1S/C19H42O8Si/c1-5-27-28(3,4)19-18-26-17-16-25-15-14-24-13-12-23-11-10-22-9-8-21-7-6-20-2/h5-19H2,1-4H3. The van der Waals surface area contributed by atoms with Gasteiger partial charge < -0.3 is 37.6 Å². The van der Waals surface area contributed by atoms with Gasteiger partial charge in [-0.3, -0.25) is 0 Å². The maximum atomic E-state index is 5.76. The van der Waals surface area contributed by atoms with Crippen LogP contribution in [0.15, 0.2) is 0 Å². The molecule has 0 saturated heterocycles. The molecule has 0 aromatic carbocycles. The van der Waals surface area contributed by atoms with Crippen LogP contribution in [0.1, 0.15) is 6.92 Å². The summed E-state index contributed by atoms with van der Waals surface area (Å²) in [6.45, 7) is 14.9. The third-order valence-corrected chi connectivity index (χ3v) is 6.15. The fraction of sp³-hybridized carbons (Fsp3) is 1.00. The zero-order valence-electron chi connectivity index (χ0n) is 18.4. The van der Waals surface area contributed by atoms with Crippen LogP contribution in [0.5, 0.6) is 0 Å². The van der Waals surface area contributed by atoms with E-state index in [1.807, 2.05) is 6.92 Å². The van der Waals surface area contributed by atoms with Crippen molar-refractivity contribution in [2.75, 3.05) is 99.6 Å². The van der Waals surface area contributed by atoms with Crippen molar-refractivity contribution in [1.82, 2.24) is 0 Å². The van der Waals surface area contributed by atoms with Crippen LogP contribution in [0, 0.1) is 0 Å². The van der Waals surface area contributed by atoms with Crippen molar-refractivity contribution in [1.29, 1.82) is 0 Å². The molecule has 0 rings (SSSR count). The van der Waals surface area contributed by atoms with Crippen LogP contribution in [0.25, 0.3) is 0 Å². The quantitative estimate of drug-likeness (QED) is 0.181. The van der Waals surface area contributed by atoms with Crippen LogP contribution >= 0.6 is 0 Å². The van der Waals surface area contributed by atoms with Crippen LogP contribution in [-0.2, 0) is 37.6 Å². The third-order valence-electron chi connectivity index (χ3n) is 3.68.